The maximum Gasteiger partial charge on any atom is 0.0355 e. The van der Waals surface area contributed by atoms with Gasteiger partial charge in [-0.2, -0.15) is 0 Å². The summed E-state index contributed by atoms with van der Waals surface area (Å²) >= 11 is 0. The smallest absolute Gasteiger partial charge is 0.0355 e. The van der Waals surface area contributed by atoms with Gasteiger partial charge in [0.2, 0.25) is 0 Å². The fourth-order valence-electron chi connectivity index (χ4n) is 2.52. The van der Waals surface area contributed by atoms with Gasteiger partial charge < -0.3 is 11.5 Å². The van der Waals surface area contributed by atoms with Gasteiger partial charge in [0.05, 0.1) is 0 Å². The zero-order valence-corrected chi connectivity index (χ0v) is 11.0. The first-order chi connectivity index (χ1) is 8.59. The third kappa shape index (κ3) is 1.94. The second-order valence-corrected chi connectivity index (χ2v) is 4.86. The molecule has 0 aliphatic heterocycles. The Morgan fingerprint density at radius 3 is 1.56 bits per heavy atom. The molecule has 0 spiro atoms. The summed E-state index contributed by atoms with van der Waals surface area (Å²) in [6, 6.07) is 16.0. The lowest BCUT2D eigenvalue weighted by molar-refractivity contribution is 0.554. The van der Waals surface area contributed by atoms with E-state index in [0.29, 0.717) is 0 Å². The Bertz CT molecular complexity index is 501. The van der Waals surface area contributed by atoms with Gasteiger partial charge in [-0.15, -0.1) is 0 Å². The zero-order chi connectivity index (χ0) is 13.2. The van der Waals surface area contributed by atoms with Crippen LogP contribution in [0.15, 0.2) is 48.5 Å². The van der Waals surface area contributed by atoms with Crippen LogP contribution in [0.4, 0.5) is 11.4 Å². The highest BCUT2D eigenvalue weighted by atomic mass is 14.6. The zero-order valence-electron chi connectivity index (χ0n) is 11.0. The highest BCUT2D eigenvalue weighted by Gasteiger charge is 2.30. The number of rotatable bonds is 3. The molecule has 2 heteroatoms. The van der Waals surface area contributed by atoms with Gasteiger partial charge in [0.15, 0.2) is 0 Å². The van der Waals surface area contributed by atoms with Gasteiger partial charge in [0.25, 0.3) is 0 Å². The van der Waals surface area contributed by atoms with Crippen molar-refractivity contribution in [1.82, 2.24) is 0 Å². The molecule has 18 heavy (non-hydrogen) atoms. The molecule has 0 saturated carbocycles. The van der Waals surface area contributed by atoms with E-state index in [1.165, 1.54) is 0 Å². The molecule has 0 fully saturated rings. The van der Waals surface area contributed by atoms with E-state index in [1.807, 2.05) is 36.4 Å². The molecule has 4 N–H and O–H groups in total. The molecular weight excluding hydrogens is 220 g/mol. The number of hydrogen-bond acceptors (Lipinski definition) is 2. The molecule has 0 aliphatic rings. The van der Waals surface area contributed by atoms with Crippen LogP contribution in [-0.2, 0) is 5.41 Å². The predicted molar refractivity (Wildman–Crippen MR) is 78.5 cm³/mol. The van der Waals surface area contributed by atoms with Crippen molar-refractivity contribution in [2.45, 2.75) is 25.7 Å². The summed E-state index contributed by atoms with van der Waals surface area (Å²) in [4.78, 5) is 0. The molecule has 0 amide bonds. The number of hydrogen-bond donors (Lipinski definition) is 2. The molecule has 0 aromatic heterocycles. The molecule has 0 saturated heterocycles. The van der Waals surface area contributed by atoms with Crippen molar-refractivity contribution in [1.29, 1.82) is 0 Å². The van der Waals surface area contributed by atoms with Crippen LogP contribution in [0.5, 0.6) is 0 Å². The van der Waals surface area contributed by atoms with Crippen LogP contribution < -0.4 is 11.5 Å². The van der Waals surface area contributed by atoms with Gasteiger partial charge in [-0.05, 0) is 29.7 Å². The van der Waals surface area contributed by atoms with E-state index in [2.05, 4.69) is 26.0 Å². The quantitative estimate of drug-likeness (QED) is 0.806. The normalized spacial score (nSPS) is 11.4. The Morgan fingerprint density at radius 2 is 1.22 bits per heavy atom. The summed E-state index contributed by atoms with van der Waals surface area (Å²) < 4.78 is 0. The summed E-state index contributed by atoms with van der Waals surface area (Å²) in [5, 5.41) is 0. The van der Waals surface area contributed by atoms with E-state index >= 15 is 0 Å². The molecule has 0 radical (unpaired) electrons. The fourth-order valence-corrected chi connectivity index (χ4v) is 2.52. The van der Waals surface area contributed by atoms with Gasteiger partial charge in [0, 0.05) is 16.8 Å². The van der Waals surface area contributed by atoms with Crippen LogP contribution in [-0.4, -0.2) is 0 Å². The SMILES string of the molecule is CCC(C)(c1ccccc1N)c1ccccc1N. The van der Waals surface area contributed by atoms with Gasteiger partial charge in [-0.1, -0.05) is 50.2 Å². The highest BCUT2D eigenvalue weighted by molar-refractivity contribution is 5.60. The van der Waals surface area contributed by atoms with Crippen LogP contribution in [0, 0.1) is 0 Å². The minimum Gasteiger partial charge on any atom is -0.398 e. The van der Waals surface area contributed by atoms with Crippen molar-refractivity contribution < 1.29 is 0 Å². The number of nitrogen functional groups attached to an aromatic ring is 2. The van der Waals surface area contributed by atoms with Crippen molar-refractivity contribution in [2.75, 3.05) is 11.5 Å². The first-order valence-electron chi connectivity index (χ1n) is 6.29. The molecule has 0 bridgehead atoms. The average molecular weight is 240 g/mol. The van der Waals surface area contributed by atoms with Gasteiger partial charge in [0.1, 0.15) is 0 Å². The van der Waals surface area contributed by atoms with Gasteiger partial charge in [-0.25, -0.2) is 0 Å². The van der Waals surface area contributed by atoms with E-state index in [4.69, 9.17) is 11.5 Å². The van der Waals surface area contributed by atoms with Crippen molar-refractivity contribution in [3.63, 3.8) is 0 Å². The Labute approximate surface area is 109 Å². The van der Waals surface area contributed by atoms with E-state index in [-0.39, 0.29) is 5.41 Å². The maximum absolute atomic E-state index is 6.13. The molecule has 94 valence electrons. The summed E-state index contributed by atoms with van der Waals surface area (Å²) in [6.45, 7) is 4.36. The Hall–Kier alpha value is -1.96. The molecule has 2 aromatic rings. The van der Waals surface area contributed by atoms with E-state index in [9.17, 15) is 0 Å². The number of benzene rings is 2. The molecule has 0 heterocycles. The Balaban J connectivity index is 2.63. The van der Waals surface area contributed by atoms with Gasteiger partial charge >= 0.3 is 0 Å². The van der Waals surface area contributed by atoms with E-state index < -0.39 is 0 Å². The van der Waals surface area contributed by atoms with Crippen LogP contribution in [0.25, 0.3) is 0 Å². The molecule has 0 atom stereocenters. The molecule has 0 aliphatic carbocycles. The largest absolute Gasteiger partial charge is 0.398 e. The van der Waals surface area contributed by atoms with Crippen LogP contribution in [0.1, 0.15) is 31.4 Å². The number of nitrogens with two attached hydrogens (primary N) is 2. The third-order valence-electron chi connectivity index (χ3n) is 3.82. The van der Waals surface area contributed by atoms with Crippen LogP contribution in [0.2, 0.25) is 0 Å². The van der Waals surface area contributed by atoms with Crippen LogP contribution in [0.3, 0.4) is 0 Å². The van der Waals surface area contributed by atoms with Crippen molar-refractivity contribution in [2.24, 2.45) is 0 Å². The first-order valence-corrected chi connectivity index (χ1v) is 6.29. The summed E-state index contributed by atoms with van der Waals surface area (Å²) in [5.41, 5.74) is 16.1. The predicted octanol–water partition coefficient (Wildman–Crippen LogP) is 3.57. The minimum atomic E-state index is -0.142. The van der Waals surface area contributed by atoms with Crippen LogP contribution >= 0.6 is 0 Å². The third-order valence-corrected chi connectivity index (χ3v) is 3.82. The van der Waals surface area contributed by atoms with E-state index in [0.717, 1.165) is 28.9 Å². The second kappa shape index (κ2) is 4.73. The number of anilines is 2. The molecular formula is C16H20N2. The molecule has 2 nitrogen and oxygen atoms in total. The molecule has 2 aromatic carbocycles. The Kier molecular flexibility index (Phi) is 3.28. The standard InChI is InChI=1S/C16H20N2/c1-3-16(2,12-8-4-6-10-14(12)17)13-9-5-7-11-15(13)18/h4-11H,3,17-18H2,1-2H3. The lowest BCUT2D eigenvalue weighted by atomic mass is 9.73. The summed E-state index contributed by atoms with van der Waals surface area (Å²) in [6.07, 6.45) is 0.954. The van der Waals surface area contributed by atoms with Gasteiger partial charge in [-0.3, -0.25) is 0 Å². The summed E-state index contributed by atoms with van der Waals surface area (Å²) in [7, 11) is 0. The van der Waals surface area contributed by atoms with Crippen molar-refractivity contribution in [3.05, 3.63) is 59.7 Å². The lowest BCUT2D eigenvalue weighted by Gasteiger charge is -2.32. The maximum atomic E-state index is 6.13. The molecule has 0 unspecified atom stereocenters. The average Bonchev–Trinajstić information content (AvgIpc) is 2.39. The highest BCUT2D eigenvalue weighted by Crippen LogP contribution is 2.40. The second-order valence-electron chi connectivity index (χ2n) is 4.86. The minimum absolute atomic E-state index is 0.142. The summed E-state index contributed by atoms with van der Waals surface area (Å²) in [5.74, 6) is 0. The van der Waals surface area contributed by atoms with Crippen molar-refractivity contribution >= 4 is 11.4 Å². The topological polar surface area (TPSA) is 52.0 Å². The Morgan fingerprint density at radius 1 is 0.833 bits per heavy atom. The number of para-hydroxylation sites is 2. The van der Waals surface area contributed by atoms with E-state index in [1.54, 1.807) is 0 Å². The van der Waals surface area contributed by atoms with Crippen molar-refractivity contribution in [3.8, 4) is 0 Å². The first kappa shape index (κ1) is 12.5. The monoisotopic (exact) mass is 240 g/mol. The fraction of sp³-hybridized carbons (Fsp3) is 0.250. The molecule has 2 rings (SSSR count). The lowest BCUT2D eigenvalue weighted by Crippen LogP contribution is -2.25.